The highest BCUT2D eigenvalue weighted by Gasteiger charge is 2.71. The Bertz CT molecular complexity index is 553. The van der Waals surface area contributed by atoms with Gasteiger partial charge in [-0.15, -0.1) is 0 Å². The van der Waals surface area contributed by atoms with Crippen molar-refractivity contribution >= 4 is 11.7 Å². The van der Waals surface area contributed by atoms with E-state index in [0.717, 1.165) is 12.1 Å². The van der Waals surface area contributed by atoms with Gasteiger partial charge < -0.3 is 14.7 Å². The van der Waals surface area contributed by atoms with Gasteiger partial charge in [-0.2, -0.15) is 26.3 Å². The molecule has 0 fully saturated rings. The van der Waals surface area contributed by atoms with Crippen LogP contribution in [-0.2, 0) is 15.1 Å². The van der Waals surface area contributed by atoms with Crippen molar-refractivity contribution in [3.63, 3.8) is 0 Å². The molecule has 0 unspecified atom stereocenters. The summed E-state index contributed by atoms with van der Waals surface area (Å²) in [5, 5.41) is 9.26. The van der Waals surface area contributed by atoms with E-state index in [-0.39, 0.29) is 18.8 Å². The lowest BCUT2D eigenvalue weighted by atomic mass is 9.92. The fourth-order valence-electron chi connectivity index (χ4n) is 1.94. The Morgan fingerprint density at radius 2 is 1.54 bits per heavy atom. The third kappa shape index (κ3) is 3.92. The van der Waals surface area contributed by atoms with Crippen molar-refractivity contribution in [1.82, 2.24) is 0 Å². The standard InChI is InChI=1S/C14H15F6NO3/c1-3-24-11(22)8-21(2)10-6-4-9(5-7-10)12(23,13(15,16)17)14(18,19)20/h4-7,23H,3,8H2,1-2H3. The average Bonchev–Trinajstić information content (AvgIpc) is 2.44. The molecular formula is C14H15F6NO3. The van der Waals surface area contributed by atoms with Crippen LogP contribution in [0.15, 0.2) is 24.3 Å². The summed E-state index contributed by atoms with van der Waals surface area (Å²) in [4.78, 5) is 12.6. The summed E-state index contributed by atoms with van der Waals surface area (Å²) in [6, 6.07) is 2.91. The number of esters is 1. The Morgan fingerprint density at radius 1 is 1.08 bits per heavy atom. The first kappa shape index (κ1) is 20.1. The van der Waals surface area contributed by atoms with Crippen LogP contribution in [0.5, 0.6) is 0 Å². The summed E-state index contributed by atoms with van der Waals surface area (Å²) in [6.45, 7) is 1.48. The number of hydrogen-bond acceptors (Lipinski definition) is 4. The van der Waals surface area contributed by atoms with Crippen LogP contribution in [0.2, 0.25) is 0 Å². The Morgan fingerprint density at radius 3 is 1.92 bits per heavy atom. The molecule has 0 aliphatic heterocycles. The van der Waals surface area contributed by atoms with E-state index < -0.39 is 29.5 Å². The molecule has 0 atom stereocenters. The fourth-order valence-corrected chi connectivity index (χ4v) is 1.94. The zero-order chi connectivity index (χ0) is 18.8. The number of carbonyl (C=O) groups excluding carboxylic acids is 1. The van der Waals surface area contributed by atoms with Crippen LogP contribution in [0.25, 0.3) is 0 Å². The number of hydrogen-bond donors (Lipinski definition) is 1. The third-order valence-electron chi connectivity index (χ3n) is 3.22. The van der Waals surface area contributed by atoms with Crippen LogP contribution in [0.4, 0.5) is 32.0 Å². The first-order chi connectivity index (χ1) is 10.8. The zero-order valence-electron chi connectivity index (χ0n) is 12.7. The fraction of sp³-hybridized carbons (Fsp3) is 0.500. The largest absolute Gasteiger partial charge is 0.465 e. The van der Waals surface area contributed by atoms with Gasteiger partial charge in [-0.1, -0.05) is 12.1 Å². The summed E-state index contributed by atoms with van der Waals surface area (Å²) in [5.74, 6) is -0.605. The first-order valence-electron chi connectivity index (χ1n) is 6.67. The maximum Gasteiger partial charge on any atom is 0.430 e. The second-order valence-electron chi connectivity index (χ2n) is 4.91. The quantitative estimate of drug-likeness (QED) is 0.649. The van der Waals surface area contributed by atoms with Gasteiger partial charge in [0.15, 0.2) is 0 Å². The molecule has 0 aliphatic carbocycles. The number of likely N-dealkylation sites (N-methyl/N-ethyl adjacent to an activating group) is 1. The summed E-state index contributed by atoms with van der Waals surface area (Å²) >= 11 is 0. The maximum absolute atomic E-state index is 12.8. The van der Waals surface area contributed by atoms with E-state index in [4.69, 9.17) is 0 Å². The summed E-state index contributed by atoms with van der Waals surface area (Å²) in [5.41, 5.74) is -6.16. The Kier molecular flexibility index (Phi) is 5.75. The molecule has 0 radical (unpaired) electrons. The van der Waals surface area contributed by atoms with Crippen molar-refractivity contribution in [1.29, 1.82) is 0 Å². The van der Waals surface area contributed by atoms with Gasteiger partial charge in [-0.25, -0.2) is 0 Å². The van der Waals surface area contributed by atoms with E-state index >= 15 is 0 Å². The lowest BCUT2D eigenvalue weighted by molar-refractivity contribution is -0.376. The molecule has 0 saturated heterocycles. The van der Waals surface area contributed by atoms with E-state index in [2.05, 4.69) is 4.74 Å². The Balaban J connectivity index is 3.11. The molecule has 136 valence electrons. The number of rotatable bonds is 5. The predicted octanol–water partition coefficient (Wildman–Crippen LogP) is 3.00. The van der Waals surface area contributed by atoms with Crippen molar-refractivity contribution in [3.8, 4) is 0 Å². The SMILES string of the molecule is CCOC(=O)CN(C)c1ccc(C(O)(C(F)(F)F)C(F)(F)F)cc1. The molecule has 1 aromatic carbocycles. The minimum absolute atomic E-state index is 0.135. The van der Waals surface area contributed by atoms with Gasteiger partial charge in [0.05, 0.1) is 6.61 Å². The molecule has 0 aromatic heterocycles. The molecule has 0 amide bonds. The molecular weight excluding hydrogens is 344 g/mol. The van der Waals surface area contributed by atoms with Crippen molar-refractivity contribution in [3.05, 3.63) is 29.8 Å². The number of aliphatic hydroxyl groups is 1. The van der Waals surface area contributed by atoms with Crippen molar-refractivity contribution < 1.29 is 41.0 Å². The number of anilines is 1. The third-order valence-corrected chi connectivity index (χ3v) is 3.22. The van der Waals surface area contributed by atoms with Gasteiger partial charge >= 0.3 is 18.3 Å². The highest BCUT2D eigenvalue weighted by molar-refractivity contribution is 5.75. The topological polar surface area (TPSA) is 49.8 Å². The minimum Gasteiger partial charge on any atom is -0.465 e. The number of halogens is 6. The molecule has 1 rings (SSSR count). The van der Waals surface area contributed by atoms with Gasteiger partial charge in [0.1, 0.15) is 6.54 Å². The Labute approximate surface area is 133 Å². The molecule has 24 heavy (non-hydrogen) atoms. The summed E-state index contributed by atoms with van der Waals surface area (Å²) in [6.07, 6.45) is -11.9. The van der Waals surface area contributed by atoms with Crippen LogP contribution in [-0.4, -0.2) is 43.6 Å². The minimum atomic E-state index is -5.94. The van der Waals surface area contributed by atoms with Crippen molar-refractivity contribution in [2.75, 3.05) is 25.1 Å². The second-order valence-corrected chi connectivity index (χ2v) is 4.91. The lowest BCUT2D eigenvalue weighted by Gasteiger charge is -2.33. The molecule has 1 N–H and O–H groups in total. The van der Waals surface area contributed by atoms with Gasteiger partial charge in [0, 0.05) is 18.3 Å². The van der Waals surface area contributed by atoms with Crippen LogP contribution in [0, 0.1) is 0 Å². The Hall–Kier alpha value is -1.97. The van der Waals surface area contributed by atoms with E-state index in [0.29, 0.717) is 12.1 Å². The lowest BCUT2D eigenvalue weighted by Crippen LogP contribution is -2.53. The molecule has 4 nitrogen and oxygen atoms in total. The molecule has 0 heterocycles. The van der Waals surface area contributed by atoms with Gasteiger partial charge in [-0.05, 0) is 19.1 Å². The molecule has 0 aliphatic rings. The first-order valence-corrected chi connectivity index (χ1v) is 6.67. The van der Waals surface area contributed by atoms with Gasteiger partial charge in [0.25, 0.3) is 5.60 Å². The average molecular weight is 359 g/mol. The van der Waals surface area contributed by atoms with Crippen LogP contribution in [0.1, 0.15) is 12.5 Å². The van der Waals surface area contributed by atoms with Gasteiger partial charge in [-0.3, -0.25) is 4.79 Å². The van der Waals surface area contributed by atoms with E-state index in [1.54, 1.807) is 6.92 Å². The second kappa shape index (κ2) is 6.88. The van der Waals surface area contributed by atoms with E-state index in [1.807, 2.05) is 0 Å². The normalized spacial score (nSPS) is 12.9. The number of ether oxygens (including phenoxy) is 1. The number of alkyl halides is 6. The number of nitrogens with zero attached hydrogens (tertiary/aromatic N) is 1. The maximum atomic E-state index is 12.8. The van der Waals surface area contributed by atoms with Crippen LogP contribution < -0.4 is 4.90 Å². The molecule has 10 heteroatoms. The van der Waals surface area contributed by atoms with Gasteiger partial charge in [0.2, 0.25) is 0 Å². The molecule has 0 spiro atoms. The monoisotopic (exact) mass is 359 g/mol. The number of carbonyl (C=O) groups is 1. The van der Waals surface area contributed by atoms with Crippen molar-refractivity contribution in [2.24, 2.45) is 0 Å². The molecule has 0 bridgehead atoms. The zero-order valence-corrected chi connectivity index (χ0v) is 12.7. The van der Waals surface area contributed by atoms with Crippen LogP contribution >= 0.6 is 0 Å². The predicted molar refractivity (Wildman–Crippen MR) is 72.4 cm³/mol. The summed E-state index contributed by atoms with van der Waals surface area (Å²) < 4.78 is 81.2. The number of benzene rings is 1. The summed E-state index contributed by atoms with van der Waals surface area (Å²) in [7, 11) is 1.41. The molecule has 1 aromatic rings. The molecule has 0 saturated carbocycles. The van der Waals surface area contributed by atoms with Crippen LogP contribution in [0.3, 0.4) is 0 Å². The highest BCUT2D eigenvalue weighted by atomic mass is 19.4. The van der Waals surface area contributed by atoms with E-state index in [1.165, 1.54) is 11.9 Å². The highest BCUT2D eigenvalue weighted by Crippen LogP contribution is 2.50. The van der Waals surface area contributed by atoms with Crippen molar-refractivity contribution in [2.45, 2.75) is 24.9 Å². The smallest absolute Gasteiger partial charge is 0.430 e. The van der Waals surface area contributed by atoms with E-state index in [9.17, 15) is 36.2 Å².